The molecule has 0 atom stereocenters. The molecule has 0 saturated carbocycles. The zero-order valence-corrected chi connectivity index (χ0v) is 10.4. The van der Waals surface area contributed by atoms with E-state index in [-0.39, 0.29) is 5.41 Å². The Balaban J connectivity index is 5.15. The molecule has 0 aliphatic rings. The van der Waals surface area contributed by atoms with Crippen molar-refractivity contribution in [3.63, 3.8) is 0 Å². The van der Waals surface area contributed by atoms with Gasteiger partial charge in [-0.1, -0.05) is 46.3 Å². The lowest BCUT2D eigenvalue weighted by Crippen LogP contribution is -2.10. The molecule has 0 heterocycles. The van der Waals surface area contributed by atoms with Crippen molar-refractivity contribution in [3.8, 4) is 0 Å². The second kappa shape index (κ2) is 5.23. The van der Waals surface area contributed by atoms with Crippen molar-refractivity contribution in [2.24, 2.45) is 5.41 Å². The third-order valence-corrected chi connectivity index (χ3v) is 2.40. The van der Waals surface area contributed by atoms with Gasteiger partial charge in [0, 0.05) is 6.42 Å². The van der Waals surface area contributed by atoms with Crippen LogP contribution in [0.3, 0.4) is 0 Å². The molecule has 1 N–H and O–H groups in total. The molecule has 14 heavy (non-hydrogen) atoms. The first-order valence-corrected chi connectivity index (χ1v) is 5.42. The van der Waals surface area contributed by atoms with Crippen molar-refractivity contribution >= 4 is 0 Å². The van der Waals surface area contributed by atoms with Gasteiger partial charge in [0.15, 0.2) is 0 Å². The van der Waals surface area contributed by atoms with E-state index in [1.54, 1.807) is 0 Å². The van der Waals surface area contributed by atoms with Gasteiger partial charge < -0.3 is 5.11 Å². The molecule has 0 bridgehead atoms. The Bertz CT molecular complexity index is 238. The monoisotopic (exact) mass is 196 g/mol. The first-order valence-electron chi connectivity index (χ1n) is 5.42. The first-order chi connectivity index (χ1) is 6.32. The van der Waals surface area contributed by atoms with E-state index in [1.807, 2.05) is 6.92 Å². The van der Waals surface area contributed by atoms with Crippen LogP contribution in [-0.4, -0.2) is 5.11 Å². The van der Waals surface area contributed by atoms with Crippen molar-refractivity contribution in [1.29, 1.82) is 0 Å². The molecule has 1 heteroatoms. The Kier molecular flexibility index (Phi) is 4.96. The molecule has 0 radical (unpaired) electrons. The van der Waals surface area contributed by atoms with E-state index >= 15 is 0 Å². The maximum absolute atomic E-state index is 9.83. The van der Waals surface area contributed by atoms with Crippen molar-refractivity contribution < 1.29 is 5.11 Å². The third-order valence-electron chi connectivity index (χ3n) is 2.40. The van der Waals surface area contributed by atoms with E-state index in [4.69, 9.17) is 0 Å². The molecule has 0 aliphatic heterocycles. The van der Waals surface area contributed by atoms with Crippen molar-refractivity contribution in [1.82, 2.24) is 0 Å². The molecule has 1 nitrogen and oxygen atoms in total. The second-order valence-electron chi connectivity index (χ2n) is 4.81. The molecule has 0 aromatic carbocycles. The number of aliphatic hydroxyl groups is 1. The maximum atomic E-state index is 9.83. The summed E-state index contributed by atoms with van der Waals surface area (Å²) in [6, 6.07) is 0. The number of hydrogen-bond donors (Lipinski definition) is 1. The van der Waals surface area contributed by atoms with Crippen LogP contribution in [0.5, 0.6) is 0 Å². The van der Waals surface area contributed by atoms with Crippen LogP contribution in [0.1, 0.15) is 54.4 Å². The summed E-state index contributed by atoms with van der Waals surface area (Å²) in [5.74, 6) is 0.519. The zero-order valence-electron chi connectivity index (χ0n) is 10.4. The normalized spacial score (nSPS) is 15.4. The molecule has 0 spiro atoms. The highest BCUT2D eigenvalue weighted by Crippen LogP contribution is 2.30. The van der Waals surface area contributed by atoms with Crippen LogP contribution < -0.4 is 0 Å². The van der Waals surface area contributed by atoms with Crippen molar-refractivity contribution in [2.45, 2.75) is 54.4 Å². The fourth-order valence-corrected chi connectivity index (χ4v) is 1.27. The van der Waals surface area contributed by atoms with Gasteiger partial charge in [0.05, 0.1) is 5.76 Å². The molecule has 0 amide bonds. The molecule has 0 saturated heterocycles. The predicted octanol–water partition coefficient (Wildman–Crippen LogP) is 4.61. The topological polar surface area (TPSA) is 20.2 Å². The van der Waals surface area contributed by atoms with E-state index in [2.05, 4.69) is 40.7 Å². The summed E-state index contributed by atoms with van der Waals surface area (Å²) < 4.78 is 0. The quantitative estimate of drug-likeness (QED) is 0.516. The van der Waals surface area contributed by atoms with Crippen molar-refractivity contribution in [3.05, 3.63) is 23.0 Å². The molecule has 0 aromatic heterocycles. The van der Waals surface area contributed by atoms with Crippen molar-refractivity contribution in [2.75, 3.05) is 0 Å². The molecule has 0 aliphatic carbocycles. The van der Waals surface area contributed by atoms with Crippen LogP contribution in [-0.2, 0) is 0 Å². The molecule has 82 valence electrons. The van der Waals surface area contributed by atoms with E-state index in [1.165, 1.54) is 5.57 Å². The number of hydrogen-bond acceptors (Lipinski definition) is 1. The van der Waals surface area contributed by atoms with E-state index < -0.39 is 0 Å². The number of aliphatic hydroxyl groups excluding tert-OH is 1. The highest BCUT2D eigenvalue weighted by Gasteiger charge is 2.18. The van der Waals surface area contributed by atoms with Crippen LogP contribution >= 0.6 is 0 Å². The van der Waals surface area contributed by atoms with Gasteiger partial charge in [-0.15, -0.1) is 0 Å². The smallest absolute Gasteiger partial charge is 0.0957 e. The Hall–Kier alpha value is -0.720. The SMILES string of the molecule is CC/C(O)=C(\C=C(/C)CC)C(C)(C)C. The van der Waals surface area contributed by atoms with Gasteiger partial charge in [-0.25, -0.2) is 0 Å². The van der Waals surface area contributed by atoms with Crippen LogP contribution in [0.25, 0.3) is 0 Å². The molecular formula is C13H24O. The minimum absolute atomic E-state index is 0.0243. The fourth-order valence-electron chi connectivity index (χ4n) is 1.27. The summed E-state index contributed by atoms with van der Waals surface area (Å²) in [4.78, 5) is 0. The largest absolute Gasteiger partial charge is 0.512 e. The maximum Gasteiger partial charge on any atom is 0.0957 e. The standard InChI is InChI=1S/C13H24O/c1-7-10(3)9-11(12(14)8-2)13(4,5)6/h9,14H,7-8H2,1-6H3/b10-9+,12-11-. The van der Waals surface area contributed by atoms with Gasteiger partial charge >= 0.3 is 0 Å². The number of rotatable bonds is 3. The lowest BCUT2D eigenvalue weighted by atomic mass is 9.84. The summed E-state index contributed by atoms with van der Waals surface area (Å²) in [6.45, 7) is 12.6. The Morgan fingerprint density at radius 2 is 1.64 bits per heavy atom. The van der Waals surface area contributed by atoms with Crippen LogP contribution in [0, 0.1) is 5.41 Å². The average Bonchev–Trinajstić information content (AvgIpc) is 2.10. The molecule has 0 aromatic rings. The Morgan fingerprint density at radius 1 is 1.14 bits per heavy atom. The molecule has 0 rings (SSSR count). The Morgan fingerprint density at radius 3 is 1.93 bits per heavy atom. The van der Waals surface area contributed by atoms with Gasteiger partial charge in [0.1, 0.15) is 0 Å². The summed E-state index contributed by atoms with van der Waals surface area (Å²) in [7, 11) is 0. The third kappa shape index (κ3) is 3.99. The average molecular weight is 196 g/mol. The van der Waals surface area contributed by atoms with Gasteiger partial charge in [-0.2, -0.15) is 0 Å². The zero-order chi connectivity index (χ0) is 11.4. The second-order valence-corrected chi connectivity index (χ2v) is 4.81. The van der Waals surface area contributed by atoms with Gasteiger partial charge in [-0.3, -0.25) is 0 Å². The Labute approximate surface area is 88.5 Å². The molecule has 0 unspecified atom stereocenters. The van der Waals surface area contributed by atoms with Crippen LogP contribution in [0.15, 0.2) is 23.0 Å². The van der Waals surface area contributed by atoms with E-state index in [0.29, 0.717) is 12.2 Å². The first kappa shape index (κ1) is 13.3. The fraction of sp³-hybridized carbons (Fsp3) is 0.692. The minimum Gasteiger partial charge on any atom is -0.512 e. The lowest BCUT2D eigenvalue weighted by Gasteiger charge is -2.22. The minimum atomic E-state index is 0.0243. The molecular weight excluding hydrogens is 172 g/mol. The predicted molar refractivity (Wildman–Crippen MR) is 63.4 cm³/mol. The van der Waals surface area contributed by atoms with Gasteiger partial charge in [0.2, 0.25) is 0 Å². The highest BCUT2D eigenvalue weighted by molar-refractivity contribution is 5.30. The highest BCUT2D eigenvalue weighted by atomic mass is 16.3. The van der Waals surface area contributed by atoms with Crippen LogP contribution in [0.4, 0.5) is 0 Å². The van der Waals surface area contributed by atoms with Gasteiger partial charge in [0.25, 0.3) is 0 Å². The summed E-state index contributed by atoms with van der Waals surface area (Å²) in [6.07, 6.45) is 3.87. The number of allylic oxidation sites excluding steroid dienone is 4. The summed E-state index contributed by atoms with van der Waals surface area (Å²) in [5, 5.41) is 9.83. The van der Waals surface area contributed by atoms with Gasteiger partial charge in [-0.05, 0) is 24.3 Å². The lowest BCUT2D eigenvalue weighted by molar-refractivity contribution is 0.364. The van der Waals surface area contributed by atoms with E-state index in [0.717, 1.165) is 12.0 Å². The molecule has 0 fully saturated rings. The summed E-state index contributed by atoms with van der Waals surface area (Å²) >= 11 is 0. The van der Waals surface area contributed by atoms with Crippen LogP contribution in [0.2, 0.25) is 0 Å². The van der Waals surface area contributed by atoms with E-state index in [9.17, 15) is 5.11 Å². The summed E-state index contributed by atoms with van der Waals surface area (Å²) in [5.41, 5.74) is 2.41.